The standard InChI is InChI=1S/C17H29N3/c1-4-12(2)13(3)20-16-9-10-18-11-15(16)19-17(20)14-7-5-6-8-14/h12-14,18H,4-11H2,1-3H3. The van der Waals surface area contributed by atoms with E-state index < -0.39 is 0 Å². The maximum Gasteiger partial charge on any atom is 0.112 e. The molecule has 0 radical (unpaired) electrons. The van der Waals surface area contributed by atoms with Crippen LogP contribution in [0.5, 0.6) is 0 Å². The first-order valence-electron chi connectivity index (χ1n) is 8.53. The van der Waals surface area contributed by atoms with Gasteiger partial charge in [-0.2, -0.15) is 0 Å². The molecule has 3 heteroatoms. The number of rotatable bonds is 4. The third kappa shape index (κ3) is 2.41. The van der Waals surface area contributed by atoms with Crippen LogP contribution in [0.15, 0.2) is 0 Å². The number of nitrogens with zero attached hydrogens (tertiary/aromatic N) is 2. The zero-order valence-corrected chi connectivity index (χ0v) is 13.3. The van der Waals surface area contributed by atoms with Crippen molar-refractivity contribution in [1.29, 1.82) is 0 Å². The highest BCUT2D eigenvalue weighted by Crippen LogP contribution is 2.38. The minimum atomic E-state index is 0.588. The van der Waals surface area contributed by atoms with E-state index in [1.165, 1.54) is 49.3 Å². The Hall–Kier alpha value is -0.830. The van der Waals surface area contributed by atoms with Crippen molar-refractivity contribution in [3.63, 3.8) is 0 Å². The molecule has 0 spiro atoms. The molecule has 0 saturated heterocycles. The Morgan fingerprint density at radius 2 is 2.05 bits per heavy atom. The fourth-order valence-electron chi connectivity index (χ4n) is 3.88. The summed E-state index contributed by atoms with van der Waals surface area (Å²) in [5.74, 6) is 2.85. The maximum atomic E-state index is 5.07. The lowest BCUT2D eigenvalue weighted by molar-refractivity contribution is 0.345. The molecule has 0 amide bonds. The van der Waals surface area contributed by atoms with Gasteiger partial charge < -0.3 is 9.88 Å². The predicted molar refractivity (Wildman–Crippen MR) is 83.0 cm³/mol. The normalized spacial score (nSPS) is 22.8. The van der Waals surface area contributed by atoms with E-state index in [0.29, 0.717) is 12.0 Å². The Bertz CT molecular complexity index is 457. The van der Waals surface area contributed by atoms with Crippen molar-refractivity contribution in [1.82, 2.24) is 14.9 Å². The molecule has 1 saturated carbocycles. The Kier molecular flexibility index (Phi) is 4.16. The van der Waals surface area contributed by atoms with Crippen molar-refractivity contribution >= 4 is 0 Å². The van der Waals surface area contributed by atoms with Crippen LogP contribution in [0.4, 0.5) is 0 Å². The van der Waals surface area contributed by atoms with Crippen molar-refractivity contribution in [2.45, 2.75) is 77.8 Å². The van der Waals surface area contributed by atoms with Gasteiger partial charge in [-0.15, -0.1) is 0 Å². The molecular weight excluding hydrogens is 246 g/mol. The Labute approximate surface area is 123 Å². The van der Waals surface area contributed by atoms with Crippen molar-refractivity contribution in [2.75, 3.05) is 6.54 Å². The molecule has 2 aliphatic rings. The molecule has 2 atom stereocenters. The summed E-state index contributed by atoms with van der Waals surface area (Å²) in [5.41, 5.74) is 2.85. The van der Waals surface area contributed by atoms with E-state index in [2.05, 4.69) is 30.7 Å². The summed E-state index contributed by atoms with van der Waals surface area (Å²) in [6.07, 6.45) is 7.86. The number of imidazole rings is 1. The lowest BCUT2D eigenvalue weighted by atomic mass is 9.98. The Balaban J connectivity index is 2.01. The number of nitrogens with one attached hydrogen (secondary N) is 1. The van der Waals surface area contributed by atoms with Crippen LogP contribution in [0.3, 0.4) is 0 Å². The number of hydrogen-bond donors (Lipinski definition) is 1. The average Bonchev–Trinajstić information content (AvgIpc) is 3.12. The van der Waals surface area contributed by atoms with Crippen LogP contribution in [0.25, 0.3) is 0 Å². The van der Waals surface area contributed by atoms with Crippen molar-refractivity contribution < 1.29 is 0 Å². The van der Waals surface area contributed by atoms with Crippen LogP contribution in [0.2, 0.25) is 0 Å². The van der Waals surface area contributed by atoms with Gasteiger partial charge in [0.1, 0.15) is 5.82 Å². The third-order valence-corrected chi connectivity index (χ3v) is 5.55. The highest BCUT2D eigenvalue weighted by molar-refractivity contribution is 5.23. The Morgan fingerprint density at radius 3 is 2.75 bits per heavy atom. The molecule has 3 rings (SSSR count). The molecular formula is C17H29N3. The first-order valence-corrected chi connectivity index (χ1v) is 8.53. The van der Waals surface area contributed by atoms with Crippen LogP contribution in [-0.4, -0.2) is 16.1 Å². The van der Waals surface area contributed by atoms with Gasteiger partial charge in [0, 0.05) is 37.2 Å². The number of fused-ring (bicyclic) bond motifs is 1. The summed E-state index contributed by atoms with van der Waals surface area (Å²) < 4.78 is 2.64. The van der Waals surface area contributed by atoms with Crippen molar-refractivity contribution in [3.8, 4) is 0 Å². The average molecular weight is 275 g/mol. The molecule has 1 fully saturated rings. The second-order valence-electron chi connectivity index (χ2n) is 6.77. The predicted octanol–water partition coefficient (Wildman–Crippen LogP) is 3.79. The molecule has 20 heavy (non-hydrogen) atoms. The van der Waals surface area contributed by atoms with Gasteiger partial charge in [0.05, 0.1) is 5.69 Å². The first kappa shape index (κ1) is 14.1. The third-order valence-electron chi connectivity index (χ3n) is 5.55. The van der Waals surface area contributed by atoms with Gasteiger partial charge in [0.2, 0.25) is 0 Å². The molecule has 3 nitrogen and oxygen atoms in total. The van der Waals surface area contributed by atoms with Gasteiger partial charge in [-0.3, -0.25) is 0 Å². The van der Waals surface area contributed by atoms with E-state index >= 15 is 0 Å². The fourth-order valence-corrected chi connectivity index (χ4v) is 3.88. The van der Waals surface area contributed by atoms with Gasteiger partial charge in [0.25, 0.3) is 0 Å². The van der Waals surface area contributed by atoms with Crippen LogP contribution >= 0.6 is 0 Å². The van der Waals surface area contributed by atoms with Crippen molar-refractivity contribution in [3.05, 3.63) is 17.2 Å². The van der Waals surface area contributed by atoms with E-state index in [1.54, 1.807) is 0 Å². The quantitative estimate of drug-likeness (QED) is 0.906. The zero-order valence-electron chi connectivity index (χ0n) is 13.3. The van der Waals surface area contributed by atoms with Gasteiger partial charge in [-0.05, 0) is 25.7 Å². The number of hydrogen-bond acceptors (Lipinski definition) is 2. The lowest BCUT2D eigenvalue weighted by Gasteiger charge is -2.27. The molecule has 2 heterocycles. The summed E-state index contributed by atoms with van der Waals surface area (Å²) in [6.45, 7) is 9.17. The summed E-state index contributed by atoms with van der Waals surface area (Å²) >= 11 is 0. The van der Waals surface area contributed by atoms with Crippen LogP contribution in [-0.2, 0) is 13.0 Å². The van der Waals surface area contributed by atoms with Crippen LogP contribution < -0.4 is 5.32 Å². The summed E-state index contributed by atoms with van der Waals surface area (Å²) in [5, 5.41) is 3.48. The monoisotopic (exact) mass is 275 g/mol. The second-order valence-corrected chi connectivity index (χ2v) is 6.77. The van der Waals surface area contributed by atoms with Crippen molar-refractivity contribution in [2.24, 2.45) is 5.92 Å². The molecule has 1 aromatic rings. The van der Waals surface area contributed by atoms with Gasteiger partial charge in [-0.1, -0.05) is 33.1 Å². The van der Waals surface area contributed by atoms with E-state index in [-0.39, 0.29) is 0 Å². The molecule has 1 N–H and O–H groups in total. The Morgan fingerprint density at radius 1 is 1.30 bits per heavy atom. The molecule has 0 bridgehead atoms. The van der Waals surface area contributed by atoms with E-state index in [9.17, 15) is 0 Å². The highest BCUT2D eigenvalue weighted by Gasteiger charge is 2.30. The summed E-state index contributed by atoms with van der Waals surface area (Å²) in [6, 6.07) is 0.588. The first-order chi connectivity index (χ1) is 9.72. The topological polar surface area (TPSA) is 29.9 Å². The molecule has 1 aliphatic heterocycles. The van der Waals surface area contributed by atoms with E-state index in [1.807, 2.05) is 0 Å². The van der Waals surface area contributed by atoms with Gasteiger partial charge in [0.15, 0.2) is 0 Å². The van der Waals surface area contributed by atoms with Gasteiger partial charge in [-0.25, -0.2) is 4.98 Å². The molecule has 112 valence electrons. The summed E-state index contributed by atoms with van der Waals surface area (Å²) in [7, 11) is 0. The van der Waals surface area contributed by atoms with Gasteiger partial charge >= 0.3 is 0 Å². The second kappa shape index (κ2) is 5.88. The molecule has 1 aliphatic carbocycles. The minimum absolute atomic E-state index is 0.588. The largest absolute Gasteiger partial charge is 0.328 e. The lowest BCUT2D eigenvalue weighted by Crippen LogP contribution is -2.27. The molecule has 0 aromatic carbocycles. The van der Waals surface area contributed by atoms with Crippen LogP contribution in [0, 0.1) is 5.92 Å². The summed E-state index contributed by atoms with van der Waals surface area (Å²) in [4.78, 5) is 5.07. The minimum Gasteiger partial charge on any atom is -0.328 e. The van der Waals surface area contributed by atoms with E-state index in [0.717, 1.165) is 25.4 Å². The van der Waals surface area contributed by atoms with Crippen LogP contribution in [0.1, 0.15) is 82.0 Å². The SMILES string of the molecule is CCC(C)C(C)n1c(C2CCCC2)nc2c1CCNC2. The molecule has 2 unspecified atom stereocenters. The fraction of sp³-hybridized carbons (Fsp3) is 0.824. The zero-order chi connectivity index (χ0) is 14.1. The maximum absolute atomic E-state index is 5.07. The number of aromatic nitrogens is 2. The highest BCUT2D eigenvalue weighted by atomic mass is 15.1. The molecule has 1 aromatic heterocycles. The smallest absolute Gasteiger partial charge is 0.112 e. The van der Waals surface area contributed by atoms with E-state index in [4.69, 9.17) is 4.98 Å².